The van der Waals surface area contributed by atoms with Crippen LogP contribution < -0.4 is 21.7 Å². The molecular formula is C37H46ClFN8O5. The van der Waals surface area contributed by atoms with E-state index in [1.165, 1.54) is 18.2 Å². The highest BCUT2D eigenvalue weighted by molar-refractivity contribution is 6.33. The van der Waals surface area contributed by atoms with Gasteiger partial charge in [0.2, 0.25) is 0 Å². The fraction of sp³-hybridized carbons (Fsp3) is 0.432. The molecule has 1 fully saturated rings. The number of benzene rings is 1. The number of nitrogens with zero attached hydrogens (tertiary/aromatic N) is 4. The van der Waals surface area contributed by atoms with E-state index in [1.807, 2.05) is 40.0 Å². The number of carbonyl (C=O) groups excluding carboxylic acids is 2. The van der Waals surface area contributed by atoms with Crippen molar-refractivity contribution < 1.29 is 28.2 Å². The standard InChI is InChI=1S/C37H46ClFN8O5/c1-22-16-31(35(48)41-12-13-51-15-14-50-5)42-19-27(22)23-17-32-33(44-25-7-9-26(10-8-25)45-36(49)52-37(2,3)4)28(20-43-47(32)21-23)34(40)46-30-18-24(39)6-11-29(30)38/h6,11,16-21,25-26,44H,7-10,12-15H2,1-5H3,(H2,40,46)(H,41,48)(H,45,49). The first kappa shape index (κ1) is 38.4. The number of pyridine rings is 1. The van der Waals surface area contributed by atoms with Gasteiger partial charge in [0.1, 0.15) is 22.9 Å². The first-order valence-corrected chi connectivity index (χ1v) is 17.6. The summed E-state index contributed by atoms with van der Waals surface area (Å²) in [6, 6.07) is 7.64. The highest BCUT2D eigenvalue weighted by atomic mass is 35.5. The predicted molar refractivity (Wildman–Crippen MR) is 199 cm³/mol. The van der Waals surface area contributed by atoms with Gasteiger partial charge in [-0.15, -0.1) is 0 Å². The number of halogens is 2. The zero-order chi connectivity index (χ0) is 37.4. The van der Waals surface area contributed by atoms with Crippen LogP contribution in [-0.2, 0) is 14.2 Å². The number of aliphatic imine (C=N–C) groups is 1. The van der Waals surface area contributed by atoms with Gasteiger partial charge < -0.3 is 35.9 Å². The number of amidine groups is 1. The Labute approximate surface area is 307 Å². The molecule has 5 rings (SSSR count). The first-order chi connectivity index (χ1) is 24.8. The third-order valence-corrected chi connectivity index (χ3v) is 8.80. The number of anilines is 1. The van der Waals surface area contributed by atoms with E-state index in [0.29, 0.717) is 43.3 Å². The number of hydrogen-bond donors (Lipinski definition) is 4. The molecule has 15 heteroatoms. The molecule has 1 aliphatic rings. The summed E-state index contributed by atoms with van der Waals surface area (Å²) in [6.45, 7) is 9.07. The minimum Gasteiger partial charge on any atom is -0.444 e. The zero-order valence-corrected chi connectivity index (χ0v) is 30.8. The number of rotatable bonds is 13. The molecule has 1 saturated carbocycles. The quantitative estimate of drug-likeness (QED) is 0.0713. The minimum atomic E-state index is -0.579. The summed E-state index contributed by atoms with van der Waals surface area (Å²) in [5, 5.41) is 14.4. The molecule has 278 valence electrons. The number of methoxy groups -OCH3 is 1. The number of ether oxygens (including phenoxy) is 3. The van der Waals surface area contributed by atoms with Crippen LogP contribution in [0.3, 0.4) is 0 Å². The molecule has 13 nitrogen and oxygen atoms in total. The van der Waals surface area contributed by atoms with Crippen molar-refractivity contribution in [1.29, 1.82) is 0 Å². The Morgan fingerprint density at radius 2 is 1.83 bits per heavy atom. The number of aryl methyl sites for hydroxylation is 1. The topological polar surface area (TPSA) is 166 Å². The molecule has 0 unspecified atom stereocenters. The fourth-order valence-electron chi connectivity index (χ4n) is 5.93. The summed E-state index contributed by atoms with van der Waals surface area (Å²) < 4.78 is 31.6. The van der Waals surface area contributed by atoms with Crippen molar-refractivity contribution >= 4 is 46.3 Å². The molecule has 1 aliphatic carbocycles. The van der Waals surface area contributed by atoms with Crippen LogP contribution in [0.2, 0.25) is 5.02 Å². The monoisotopic (exact) mass is 736 g/mol. The Morgan fingerprint density at radius 3 is 2.54 bits per heavy atom. The molecule has 0 radical (unpaired) electrons. The smallest absolute Gasteiger partial charge is 0.407 e. The van der Waals surface area contributed by atoms with E-state index >= 15 is 0 Å². The van der Waals surface area contributed by atoms with Crippen molar-refractivity contribution in [3.8, 4) is 11.1 Å². The summed E-state index contributed by atoms with van der Waals surface area (Å²) >= 11 is 6.32. The van der Waals surface area contributed by atoms with E-state index in [-0.39, 0.29) is 34.5 Å². The highest BCUT2D eigenvalue weighted by Crippen LogP contribution is 2.33. The molecule has 0 atom stereocenters. The summed E-state index contributed by atoms with van der Waals surface area (Å²) in [6.07, 6.45) is 7.75. The van der Waals surface area contributed by atoms with Crippen molar-refractivity contribution in [2.75, 3.05) is 38.8 Å². The Hall–Kier alpha value is -4.79. The van der Waals surface area contributed by atoms with Gasteiger partial charge >= 0.3 is 6.09 Å². The van der Waals surface area contributed by atoms with E-state index in [4.69, 9.17) is 31.5 Å². The Balaban J connectivity index is 1.40. The number of fused-ring (bicyclic) bond motifs is 1. The molecule has 3 heterocycles. The summed E-state index contributed by atoms with van der Waals surface area (Å²) in [5.74, 6) is -0.686. The van der Waals surface area contributed by atoms with Crippen LogP contribution in [0, 0.1) is 12.7 Å². The lowest BCUT2D eigenvalue weighted by Gasteiger charge is -2.31. The molecule has 4 aromatic rings. The predicted octanol–water partition coefficient (Wildman–Crippen LogP) is 6.17. The van der Waals surface area contributed by atoms with Crippen molar-refractivity contribution in [1.82, 2.24) is 25.2 Å². The second-order valence-electron chi connectivity index (χ2n) is 13.7. The molecular weight excluding hydrogens is 691 g/mol. The lowest BCUT2D eigenvalue weighted by atomic mass is 9.91. The van der Waals surface area contributed by atoms with Crippen molar-refractivity contribution in [3.05, 3.63) is 76.6 Å². The van der Waals surface area contributed by atoms with E-state index in [2.05, 4.69) is 31.0 Å². The number of nitrogens with one attached hydrogen (secondary N) is 3. The number of nitrogens with two attached hydrogens (primary N) is 1. The van der Waals surface area contributed by atoms with Gasteiger partial charge in [-0.3, -0.25) is 9.78 Å². The first-order valence-electron chi connectivity index (χ1n) is 17.2. The third-order valence-electron chi connectivity index (χ3n) is 8.48. The van der Waals surface area contributed by atoms with Crippen LogP contribution in [-0.4, -0.2) is 83.6 Å². The van der Waals surface area contributed by atoms with Crippen LogP contribution in [0.25, 0.3) is 16.6 Å². The van der Waals surface area contributed by atoms with Crippen LogP contribution in [0.15, 0.2) is 53.9 Å². The number of amides is 2. The van der Waals surface area contributed by atoms with Gasteiger partial charge in [-0.05, 0) is 83.2 Å². The lowest BCUT2D eigenvalue weighted by molar-refractivity contribution is 0.0492. The third kappa shape index (κ3) is 10.2. The maximum atomic E-state index is 14.1. The number of carbonyl (C=O) groups is 2. The van der Waals surface area contributed by atoms with E-state index in [9.17, 15) is 14.0 Å². The van der Waals surface area contributed by atoms with E-state index < -0.39 is 17.5 Å². The van der Waals surface area contributed by atoms with Crippen LogP contribution in [0.1, 0.15) is 68.1 Å². The Kier molecular flexibility index (Phi) is 12.7. The van der Waals surface area contributed by atoms with Gasteiger partial charge in [0.05, 0.1) is 53.5 Å². The largest absolute Gasteiger partial charge is 0.444 e. The number of hydrogen-bond acceptors (Lipinski definition) is 9. The van der Waals surface area contributed by atoms with Gasteiger partial charge in [0.25, 0.3) is 5.91 Å². The van der Waals surface area contributed by atoms with Gasteiger partial charge in [-0.2, -0.15) is 5.10 Å². The Bertz CT molecular complexity index is 1920. The second kappa shape index (κ2) is 17.2. The summed E-state index contributed by atoms with van der Waals surface area (Å²) in [7, 11) is 1.60. The molecule has 0 saturated heterocycles. The van der Waals surface area contributed by atoms with Crippen molar-refractivity contribution in [2.45, 2.75) is 71.1 Å². The van der Waals surface area contributed by atoms with Gasteiger partial charge in [-0.25, -0.2) is 18.7 Å². The molecule has 2 amide bonds. The number of alkyl carbamates (subject to hydrolysis) is 1. The maximum absolute atomic E-state index is 14.1. The van der Waals surface area contributed by atoms with Gasteiger partial charge in [0.15, 0.2) is 0 Å². The SMILES string of the molecule is COCCOCCNC(=O)c1cc(C)c(-c2cc3c(NC4CCC(NC(=O)OC(C)(C)C)CC4)c(C(N)=Nc4cc(F)ccc4Cl)cnn3c2)cn1. The fourth-order valence-corrected chi connectivity index (χ4v) is 6.09. The molecule has 0 aliphatic heterocycles. The molecule has 3 aromatic heterocycles. The van der Waals surface area contributed by atoms with Gasteiger partial charge in [-0.1, -0.05) is 11.6 Å². The van der Waals surface area contributed by atoms with Crippen molar-refractivity contribution in [2.24, 2.45) is 10.7 Å². The van der Waals surface area contributed by atoms with Gasteiger partial charge in [0, 0.05) is 55.3 Å². The minimum absolute atomic E-state index is 0.0127. The molecule has 1 aromatic carbocycles. The summed E-state index contributed by atoms with van der Waals surface area (Å²) in [4.78, 5) is 34.1. The lowest BCUT2D eigenvalue weighted by Crippen LogP contribution is -2.42. The second-order valence-corrected chi connectivity index (χ2v) is 14.1. The van der Waals surface area contributed by atoms with E-state index in [0.717, 1.165) is 47.9 Å². The van der Waals surface area contributed by atoms with Crippen LogP contribution in [0.4, 0.5) is 20.6 Å². The van der Waals surface area contributed by atoms with Crippen LogP contribution >= 0.6 is 11.6 Å². The normalized spacial score (nSPS) is 16.5. The average molecular weight is 737 g/mol. The molecule has 0 spiro atoms. The highest BCUT2D eigenvalue weighted by Gasteiger charge is 2.27. The summed E-state index contributed by atoms with van der Waals surface area (Å²) in [5.41, 5.74) is 10.9. The maximum Gasteiger partial charge on any atom is 0.407 e. The molecule has 5 N–H and O–H groups in total. The van der Waals surface area contributed by atoms with Crippen molar-refractivity contribution in [3.63, 3.8) is 0 Å². The number of aromatic nitrogens is 3. The van der Waals surface area contributed by atoms with E-state index in [1.54, 1.807) is 30.1 Å². The Morgan fingerprint density at radius 1 is 1.08 bits per heavy atom. The van der Waals surface area contributed by atoms with Crippen LogP contribution in [0.5, 0.6) is 0 Å². The molecule has 0 bridgehead atoms. The zero-order valence-electron chi connectivity index (χ0n) is 30.1. The average Bonchev–Trinajstić information content (AvgIpc) is 3.52. The molecule has 52 heavy (non-hydrogen) atoms.